The number of carbonyl (C=O) groups excluding carboxylic acids is 1. The average Bonchev–Trinajstić information content (AvgIpc) is 2.87. The van der Waals surface area contributed by atoms with Crippen molar-refractivity contribution in [3.05, 3.63) is 35.1 Å². The van der Waals surface area contributed by atoms with E-state index in [1.165, 1.54) is 23.4 Å². The summed E-state index contributed by atoms with van der Waals surface area (Å²) in [5.41, 5.74) is 2.33. The third-order valence-corrected chi connectivity index (χ3v) is 6.30. The number of carbonyl (C=O) groups is 1. The molecule has 0 radical (unpaired) electrons. The average molecular weight is 341 g/mol. The third kappa shape index (κ3) is 3.22. The Morgan fingerprint density at radius 2 is 1.88 bits per heavy atom. The van der Waals surface area contributed by atoms with E-state index in [1.54, 1.807) is 23.7 Å². The Bertz CT molecular complexity index is 705. The second kappa shape index (κ2) is 7.01. The molecule has 1 fully saturated rings. The molecule has 2 aromatic heterocycles. The highest BCUT2D eigenvalue weighted by Crippen LogP contribution is 2.35. The van der Waals surface area contributed by atoms with Gasteiger partial charge in [-0.15, -0.1) is 11.3 Å². The topological polar surface area (TPSA) is 46.1 Å². The van der Waals surface area contributed by atoms with E-state index in [-0.39, 0.29) is 5.92 Å². The Kier molecular flexibility index (Phi) is 4.60. The van der Waals surface area contributed by atoms with Gasteiger partial charge in [0.2, 0.25) is 5.91 Å². The number of likely N-dealkylation sites (tertiary alicyclic amines) is 1. The van der Waals surface area contributed by atoms with E-state index in [9.17, 15) is 4.79 Å². The van der Waals surface area contributed by atoms with Gasteiger partial charge in [-0.3, -0.25) is 9.78 Å². The van der Waals surface area contributed by atoms with Crippen LogP contribution in [0.2, 0.25) is 0 Å². The highest BCUT2D eigenvalue weighted by molar-refractivity contribution is 7.15. The molecule has 3 heterocycles. The molecule has 5 heteroatoms. The van der Waals surface area contributed by atoms with Crippen LogP contribution in [0.25, 0.3) is 10.6 Å². The van der Waals surface area contributed by atoms with Crippen molar-refractivity contribution in [2.45, 2.75) is 44.9 Å². The van der Waals surface area contributed by atoms with Crippen LogP contribution in [0, 0.1) is 5.92 Å². The van der Waals surface area contributed by atoms with Gasteiger partial charge in [-0.1, -0.05) is 12.8 Å². The van der Waals surface area contributed by atoms with Crippen LogP contribution in [0.5, 0.6) is 0 Å². The summed E-state index contributed by atoms with van der Waals surface area (Å²) < 4.78 is 0. The van der Waals surface area contributed by atoms with Crippen molar-refractivity contribution in [2.75, 3.05) is 13.1 Å². The van der Waals surface area contributed by atoms with E-state index in [0.29, 0.717) is 5.91 Å². The first kappa shape index (κ1) is 15.8. The van der Waals surface area contributed by atoms with Crippen molar-refractivity contribution in [3.8, 4) is 10.6 Å². The third-order valence-electron chi connectivity index (χ3n) is 5.13. The molecule has 24 heavy (non-hydrogen) atoms. The Morgan fingerprint density at radius 3 is 2.62 bits per heavy atom. The quantitative estimate of drug-likeness (QED) is 0.836. The summed E-state index contributed by atoms with van der Waals surface area (Å²) in [5, 5.41) is 1.06. The zero-order chi connectivity index (χ0) is 16.4. The summed E-state index contributed by atoms with van der Waals surface area (Å²) in [4.78, 5) is 25.2. The Labute approximate surface area is 146 Å². The van der Waals surface area contributed by atoms with E-state index >= 15 is 0 Å². The van der Waals surface area contributed by atoms with Crippen LogP contribution in [-0.4, -0.2) is 33.9 Å². The summed E-state index contributed by atoms with van der Waals surface area (Å²) >= 11 is 1.75. The summed E-state index contributed by atoms with van der Waals surface area (Å²) in [7, 11) is 0. The molecule has 1 aliphatic carbocycles. The lowest BCUT2D eigenvalue weighted by atomic mass is 9.90. The maximum Gasteiger partial charge on any atom is 0.226 e. The number of amides is 1. The molecular formula is C19H23N3OS. The van der Waals surface area contributed by atoms with Gasteiger partial charge >= 0.3 is 0 Å². The molecule has 126 valence electrons. The van der Waals surface area contributed by atoms with Crippen molar-refractivity contribution in [1.29, 1.82) is 0 Å². The minimum atomic E-state index is 0.154. The van der Waals surface area contributed by atoms with E-state index in [2.05, 4.69) is 9.88 Å². The van der Waals surface area contributed by atoms with E-state index in [4.69, 9.17) is 4.98 Å². The molecule has 1 unspecified atom stereocenters. The lowest BCUT2D eigenvalue weighted by Crippen LogP contribution is -2.38. The van der Waals surface area contributed by atoms with Crippen molar-refractivity contribution in [3.63, 3.8) is 0 Å². The monoisotopic (exact) mass is 341 g/mol. The number of aryl methyl sites for hydroxylation is 1. The predicted molar refractivity (Wildman–Crippen MR) is 95.9 cm³/mol. The number of aromatic nitrogens is 2. The van der Waals surface area contributed by atoms with Crippen LogP contribution in [0.3, 0.4) is 0 Å². The van der Waals surface area contributed by atoms with Gasteiger partial charge in [-0.2, -0.15) is 0 Å². The van der Waals surface area contributed by atoms with Gasteiger partial charge in [0.15, 0.2) is 0 Å². The molecule has 1 aliphatic heterocycles. The van der Waals surface area contributed by atoms with Crippen LogP contribution in [0.4, 0.5) is 0 Å². The molecule has 0 spiro atoms. The first-order chi connectivity index (χ1) is 11.8. The molecular weight excluding hydrogens is 318 g/mol. The number of pyridine rings is 1. The molecule has 0 bridgehead atoms. The van der Waals surface area contributed by atoms with Gasteiger partial charge in [-0.05, 0) is 44.2 Å². The Hall–Kier alpha value is -1.75. The van der Waals surface area contributed by atoms with Crippen molar-refractivity contribution in [1.82, 2.24) is 14.9 Å². The number of fused-ring (bicyclic) bond motifs is 1. The molecule has 0 saturated carbocycles. The van der Waals surface area contributed by atoms with E-state index < -0.39 is 0 Å². The van der Waals surface area contributed by atoms with Gasteiger partial charge in [0.1, 0.15) is 5.01 Å². The molecule has 0 aromatic carbocycles. The number of hydrogen-bond acceptors (Lipinski definition) is 4. The van der Waals surface area contributed by atoms with Crippen LogP contribution in [0.1, 0.15) is 42.7 Å². The minimum absolute atomic E-state index is 0.154. The van der Waals surface area contributed by atoms with Crippen LogP contribution < -0.4 is 0 Å². The molecule has 2 aromatic rings. The number of rotatable bonds is 2. The largest absolute Gasteiger partial charge is 0.342 e. The zero-order valence-electron chi connectivity index (χ0n) is 13.9. The fraction of sp³-hybridized carbons (Fsp3) is 0.526. The highest BCUT2D eigenvalue weighted by atomic mass is 32.1. The molecule has 2 aliphatic rings. The normalized spacial score (nSPS) is 21.2. The van der Waals surface area contributed by atoms with Crippen LogP contribution in [0.15, 0.2) is 24.5 Å². The molecule has 0 N–H and O–H groups in total. The van der Waals surface area contributed by atoms with Gasteiger partial charge in [0.05, 0.1) is 5.69 Å². The Balaban J connectivity index is 1.49. The number of thiazole rings is 1. The predicted octanol–water partition coefficient (Wildman–Crippen LogP) is 3.71. The number of hydrogen-bond donors (Lipinski definition) is 0. The van der Waals surface area contributed by atoms with Gasteiger partial charge in [0, 0.05) is 41.8 Å². The fourth-order valence-electron chi connectivity index (χ4n) is 3.75. The summed E-state index contributed by atoms with van der Waals surface area (Å²) in [5.74, 6) is 0.530. The fourth-order valence-corrected chi connectivity index (χ4v) is 4.95. The minimum Gasteiger partial charge on any atom is -0.342 e. The van der Waals surface area contributed by atoms with E-state index in [1.807, 2.05) is 12.1 Å². The SMILES string of the molecule is O=C(C1CCc2nc(-c3ccncc3)sc2C1)N1CCCCCC1. The second-order valence-electron chi connectivity index (χ2n) is 6.80. The molecule has 4 nitrogen and oxygen atoms in total. The smallest absolute Gasteiger partial charge is 0.226 e. The van der Waals surface area contributed by atoms with Crippen LogP contribution >= 0.6 is 11.3 Å². The van der Waals surface area contributed by atoms with Crippen molar-refractivity contribution in [2.24, 2.45) is 5.92 Å². The second-order valence-corrected chi connectivity index (χ2v) is 7.89. The standard InChI is InChI=1S/C19H23N3OS/c23-19(22-11-3-1-2-4-12-22)15-5-6-16-17(13-15)24-18(21-16)14-7-9-20-10-8-14/h7-10,15H,1-6,11-13H2. The molecule has 1 atom stereocenters. The van der Waals surface area contributed by atoms with Crippen molar-refractivity contribution < 1.29 is 4.79 Å². The van der Waals surface area contributed by atoms with Gasteiger partial charge in [-0.25, -0.2) is 4.98 Å². The van der Waals surface area contributed by atoms with Gasteiger partial charge < -0.3 is 4.90 Å². The lowest BCUT2D eigenvalue weighted by molar-refractivity contribution is -0.135. The van der Waals surface area contributed by atoms with Crippen LogP contribution in [-0.2, 0) is 17.6 Å². The maximum atomic E-state index is 12.9. The summed E-state index contributed by atoms with van der Waals surface area (Å²) in [6, 6.07) is 4.01. The summed E-state index contributed by atoms with van der Waals surface area (Å²) in [6.45, 7) is 1.90. The highest BCUT2D eigenvalue weighted by Gasteiger charge is 2.30. The first-order valence-corrected chi connectivity index (χ1v) is 9.80. The zero-order valence-corrected chi connectivity index (χ0v) is 14.7. The summed E-state index contributed by atoms with van der Waals surface area (Å²) in [6.07, 6.45) is 11.2. The maximum absolute atomic E-state index is 12.9. The molecule has 4 rings (SSSR count). The van der Waals surface area contributed by atoms with E-state index in [0.717, 1.165) is 55.8 Å². The Morgan fingerprint density at radius 1 is 1.12 bits per heavy atom. The van der Waals surface area contributed by atoms with Gasteiger partial charge in [0.25, 0.3) is 0 Å². The number of nitrogens with zero attached hydrogens (tertiary/aromatic N) is 3. The molecule has 1 amide bonds. The lowest BCUT2D eigenvalue weighted by Gasteiger charge is -2.28. The first-order valence-electron chi connectivity index (χ1n) is 8.99. The molecule has 1 saturated heterocycles. The van der Waals surface area contributed by atoms with Crippen molar-refractivity contribution >= 4 is 17.2 Å².